The summed E-state index contributed by atoms with van der Waals surface area (Å²) in [6.07, 6.45) is 1.70. The molecule has 2 rings (SSSR count). The van der Waals surface area contributed by atoms with E-state index in [1.54, 1.807) is 16.8 Å². The second kappa shape index (κ2) is 6.89. The number of ether oxygens (including phenoxy) is 1. The normalized spacial score (nSPS) is 12.4. The molecule has 0 bridgehead atoms. The van der Waals surface area contributed by atoms with Crippen LogP contribution in [0.1, 0.15) is 24.6 Å². The van der Waals surface area contributed by atoms with Crippen LogP contribution < -0.4 is 10.5 Å². The van der Waals surface area contributed by atoms with E-state index in [2.05, 4.69) is 11.9 Å². The quantitative estimate of drug-likeness (QED) is 0.885. The van der Waals surface area contributed by atoms with E-state index < -0.39 is 0 Å². The van der Waals surface area contributed by atoms with Gasteiger partial charge in [0, 0.05) is 16.4 Å². The minimum absolute atomic E-state index is 0.125. The molecule has 3 nitrogen and oxygen atoms in total. The Morgan fingerprint density at radius 2 is 2.32 bits per heavy atom. The molecule has 0 fully saturated rings. The first kappa shape index (κ1) is 14.3. The van der Waals surface area contributed by atoms with E-state index in [1.807, 2.05) is 23.6 Å². The topological polar surface area (TPSA) is 48.1 Å². The highest BCUT2D eigenvalue weighted by atomic mass is 35.5. The molecule has 0 saturated heterocycles. The average Bonchev–Trinajstić information content (AvgIpc) is 2.91. The lowest BCUT2D eigenvalue weighted by Crippen LogP contribution is -2.21. The van der Waals surface area contributed by atoms with Gasteiger partial charge < -0.3 is 10.5 Å². The van der Waals surface area contributed by atoms with Crippen LogP contribution >= 0.6 is 22.9 Å². The number of benzene rings is 1. The largest absolute Gasteiger partial charge is 0.487 e. The first-order chi connectivity index (χ1) is 9.19. The smallest absolute Gasteiger partial charge is 0.131 e. The molecule has 19 heavy (non-hydrogen) atoms. The summed E-state index contributed by atoms with van der Waals surface area (Å²) < 4.78 is 5.81. The van der Waals surface area contributed by atoms with Crippen LogP contribution in [-0.4, -0.2) is 11.0 Å². The summed E-state index contributed by atoms with van der Waals surface area (Å²) in [7, 11) is 0. The Hall–Kier alpha value is -1.10. The monoisotopic (exact) mass is 296 g/mol. The number of hydrogen-bond donors (Lipinski definition) is 1. The van der Waals surface area contributed by atoms with Crippen molar-refractivity contribution in [2.75, 3.05) is 0 Å². The Kier molecular flexibility index (Phi) is 5.19. The zero-order valence-corrected chi connectivity index (χ0v) is 12.4. The summed E-state index contributed by atoms with van der Waals surface area (Å²) in [4.78, 5) is 4.20. The van der Waals surface area contributed by atoms with Gasteiger partial charge in [0.2, 0.25) is 0 Å². The Balaban J connectivity index is 2.09. The molecule has 2 aromatic rings. The second-order valence-electron chi connectivity index (χ2n) is 4.39. The zero-order chi connectivity index (χ0) is 13.7. The van der Waals surface area contributed by atoms with Crippen LogP contribution in [0.25, 0.3) is 0 Å². The maximum absolute atomic E-state index is 6.04. The molecule has 2 N–H and O–H groups in total. The Bertz CT molecular complexity index is 516. The van der Waals surface area contributed by atoms with Crippen molar-refractivity contribution in [3.05, 3.63) is 45.4 Å². The van der Waals surface area contributed by atoms with Gasteiger partial charge in [-0.3, -0.25) is 0 Å². The zero-order valence-electron chi connectivity index (χ0n) is 10.8. The SMILES string of the molecule is CCC(N)Cc1cc(Cl)ccc1OCc1cscn1. The Labute approximate surface area is 122 Å². The third-order valence-corrected chi connectivity index (χ3v) is 3.76. The van der Waals surface area contributed by atoms with E-state index in [4.69, 9.17) is 22.1 Å². The lowest BCUT2D eigenvalue weighted by Gasteiger charge is -2.14. The van der Waals surface area contributed by atoms with Gasteiger partial charge in [0.05, 0.1) is 11.2 Å². The third kappa shape index (κ3) is 4.20. The molecule has 1 unspecified atom stereocenters. The first-order valence-electron chi connectivity index (χ1n) is 6.23. The lowest BCUT2D eigenvalue weighted by atomic mass is 10.0. The molecule has 5 heteroatoms. The maximum atomic E-state index is 6.04. The fraction of sp³-hybridized carbons (Fsp3) is 0.357. The predicted octanol–water partition coefficient (Wildman–Crippen LogP) is 3.66. The number of halogens is 1. The average molecular weight is 297 g/mol. The number of nitrogens with two attached hydrogens (primary N) is 1. The fourth-order valence-corrected chi connectivity index (χ4v) is 2.47. The maximum Gasteiger partial charge on any atom is 0.131 e. The summed E-state index contributed by atoms with van der Waals surface area (Å²) in [6, 6.07) is 5.78. The number of nitrogens with zero attached hydrogens (tertiary/aromatic N) is 1. The van der Waals surface area contributed by atoms with Crippen LogP contribution in [0.3, 0.4) is 0 Å². The van der Waals surface area contributed by atoms with E-state index in [0.717, 1.165) is 29.8 Å². The standard InChI is InChI=1S/C14H17ClN2OS/c1-2-12(16)6-10-5-11(15)3-4-14(10)18-7-13-8-19-9-17-13/h3-5,8-9,12H,2,6-7,16H2,1H3. The molecule has 0 spiro atoms. The number of thiazole rings is 1. The molecule has 0 aliphatic rings. The van der Waals surface area contributed by atoms with Crippen LogP contribution in [0.2, 0.25) is 5.02 Å². The molecular weight excluding hydrogens is 280 g/mol. The Morgan fingerprint density at radius 3 is 3.00 bits per heavy atom. The molecule has 1 aromatic carbocycles. The summed E-state index contributed by atoms with van der Waals surface area (Å²) in [5, 5.41) is 2.69. The summed E-state index contributed by atoms with van der Waals surface area (Å²) in [5.74, 6) is 0.835. The molecule has 1 atom stereocenters. The molecule has 0 radical (unpaired) electrons. The van der Waals surface area contributed by atoms with E-state index >= 15 is 0 Å². The first-order valence-corrected chi connectivity index (χ1v) is 7.55. The van der Waals surface area contributed by atoms with Crippen molar-refractivity contribution in [2.24, 2.45) is 5.73 Å². The van der Waals surface area contributed by atoms with E-state index in [9.17, 15) is 0 Å². The van der Waals surface area contributed by atoms with E-state index in [-0.39, 0.29) is 6.04 Å². The molecule has 1 heterocycles. The molecule has 1 aromatic heterocycles. The van der Waals surface area contributed by atoms with Gasteiger partial charge in [-0.25, -0.2) is 4.98 Å². The summed E-state index contributed by atoms with van der Waals surface area (Å²) in [6.45, 7) is 2.55. The van der Waals surface area contributed by atoms with Gasteiger partial charge in [0.25, 0.3) is 0 Å². The van der Waals surface area contributed by atoms with Crippen molar-refractivity contribution < 1.29 is 4.74 Å². The van der Waals surface area contributed by atoms with Crippen molar-refractivity contribution in [2.45, 2.75) is 32.4 Å². The summed E-state index contributed by atoms with van der Waals surface area (Å²) >= 11 is 7.60. The van der Waals surface area contributed by atoms with Crippen molar-refractivity contribution in [3.63, 3.8) is 0 Å². The van der Waals surface area contributed by atoms with Crippen molar-refractivity contribution in [1.82, 2.24) is 4.98 Å². The van der Waals surface area contributed by atoms with Crippen molar-refractivity contribution in [3.8, 4) is 5.75 Å². The van der Waals surface area contributed by atoms with E-state index in [1.165, 1.54) is 0 Å². The lowest BCUT2D eigenvalue weighted by molar-refractivity contribution is 0.298. The fourth-order valence-electron chi connectivity index (χ4n) is 1.74. The van der Waals surface area contributed by atoms with Gasteiger partial charge in [0.15, 0.2) is 0 Å². The predicted molar refractivity (Wildman–Crippen MR) is 79.9 cm³/mol. The summed E-state index contributed by atoms with van der Waals surface area (Å²) in [5.41, 5.74) is 9.79. The molecule has 0 saturated carbocycles. The third-order valence-electron chi connectivity index (χ3n) is 2.89. The van der Waals surface area contributed by atoms with Crippen LogP contribution in [0.5, 0.6) is 5.75 Å². The molecule has 0 amide bonds. The van der Waals surface area contributed by atoms with Gasteiger partial charge in [-0.2, -0.15) is 0 Å². The molecule has 0 aliphatic carbocycles. The number of aromatic nitrogens is 1. The van der Waals surface area contributed by atoms with Crippen molar-refractivity contribution >= 4 is 22.9 Å². The highest BCUT2D eigenvalue weighted by Crippen LogP contribution is 2.25. The number of hydrogen-bond acceptors (Lipinski definition) is 4. The van der Waals surface area contributed by atoms with Gasteiger partial charge in [-0.1, -0.05) is 18.5 Å². The second-order valence-corrected chi connectivity index (χ2v) is 5.55. The highest BCUT2D eigenvalue weighted by Gasteiger charge is 2.09. The van der Waals surface area contributed by atoms with Crippen LogP contribution in [0, 0.1) is 0 Å². The Morgan fingerprint density at radius 1 is 1.47 bits per heavy atom. The molecular formula is C14H17ClN2OS. The minimum atomic E-state index is 0.125. The van der Waals surface area contributed by atoms with Crippen LogP contribution in [0.4, 0.5) is 0 Å². The van der Waals surface area contributed by atoms with Crippen LogP contribution in [-0.2, 0) is 13.0 Å². The van der Waals surface area contributed by atoms with Crippen molar-refractivity contribution in [1.29, 1.82) is 0 Å². The van der Waals surface area contributed by atoms with Gasteiger partial charge >= 0.3 is 0 Å². The molecule has 102 valence electrons. The van der Waals surface area contributed by atoms with E-state index in [0.29, 0.717) is 11.6 Å². The van der Waals surface area contributed by atoms with Gasteiger partial charge in [0.1, 0.15) is 12.4 Å². The van der Waals surface area contributed by atoms with Crippen LogP contribution in [0.15, 0.2) is 29.1 Å². The highest BCUT2D eigenvalue weighted by molar-refractivity contribution is 7.07. The molecule has 0 aliphatic heterocycles. The van der Waals surface area contributed by atoms with Gasteiger partial charge in [-0.05, 0) is 36.6 Å². The number of rotatable bonds is 6. The minimum Gasteiger partial charge on any atom is -0.487 e. The van der Waals surface area contributed by atoms with Gasteiger partial charge in [-0.15, -0.1) is 11.3 Å².